The summed E-state index contributed by atoms with van der Waals surface area (Å²) in [6.07, 6.45) is 2.46. The molecule has 2 aliphatic rings. The lowest BCUT2D eigenvalue weighted by molar-refractivity contribution is 0.208. The fourth-order valence-electron chi connectivity index (χ4n) is 4.19. The second-order valence-electron chi connectivity index (χ2n) is 8.11. The van der Waals surface area contributed by atoms with Gasteiger partial charge in [-0.25, -0.2) is 14.8 Å². The third-order valence-corrected chi connectivity index (χ3v) is 5.60. The normalized spacial score (nSPS) is 17.0. The summed E-state index contributed by atoms with van der Waals surface area (Å²) in [5.74, 6) is 2.80. The molecule has 0 radical (unpaired) electrons. The molecular weight excluding hydrogens is 364 g/mol. The molecule has 0 spiro atoms. The lowest BCUT2D eigenvalue weighted by Gasteiger charge is -2.35. The van der Waals surface area contributed by atoms with Crippen LogP contribution in [0.15, 0.2) is 24.3 Å². The Bertz CT molecular complexity index is 865. The molecule has 2 fully saturated rings. The number of anilines is 3. The van der Waals surface area contributed by atoms with Gasteiger partial charge >= 0.3 is 6.03 Å². The van der Waals surface area contributed by atoms with Crippen molar-refractivity contribution in [1.29, 1.82) is 0 Å². The first-order chi connectivity index (χ1) is 14.0. The van der Waals surface area contributed by atoms with Gasteiger partial charge in [0.15, 0.2) is 0 Å². The van der Waals surface area contributed by atoms with Crippen molar-refractivity contribution < 1.29 is 4.79 Å². The highest BCUT2D eigenvalue weighted by Gasteiger charge is 2.23. The predicted octanol–water partition coefficient (Wildman–Crippen LogP) is 3.36. The molecule has 0 unspecified atom stereocenters. The Balaban J connectivity index is 1.38. The maximum Gasteiger partial charge on any atom is 0.321 e. The molecule has 0 atom stereocenters. The van der Waals surface area contributed by atoms with Gasteiger partial charge in [-0.15, -0.1) is 0 Å². The molecule has 7 heteroatoms. The van der Waals surface area contributed by atoms with E-state index < -0.39 is 0 Å². The average molecular weight is 395 g/mol. The number of carbonyl (C=O) groups excluding carboxylic acids is 1. The van der Waals surface area contributed by atoms with Gasteiger partial charge in [0.1, 0.15) is 17.5 Å². The van der Waals surface area contributed by atoms with Gasteiger partial charge in [-0.05, 0) is 56.9 Å². The molecule has 29 heavy (non-hydrogen) atoms. The summed E-state index contributed by atoms with van der Waals surface area (Å²) >= 11 is 0. The first-order valence-electron chi connectivity index (χ1n) is 10.5. The predicted molar refractivity (Wildman–Crippen MR) is 117 cm³/mol. The quantitative estimate of drug-likeness (QED) is 0.865. The Morgan fingerprint density at radius 2 is 1.34 bits per heavy atom. The fraction of sp³-hybridized carbons (Fsp3) is 0.500. The zero-order valence-electron chi connectivity index (χ0n) is 17.6. The van der Waals surface area contributed by atoms with Crippen LogP contribution < -0.4 is 15.1 Å². The van der Waals surface area contributed by atoms with Crippen LogP contribution in [0.4, 0.5) is 22.1 Å². The SMILES string of the molecule is Cc1cc(C)cc(NC(=O)N2CCN(c3cc(N4CCCC4)nc(C)n3)CC2)c1. The molecule has 154 valence electrons. The van der Waals surface area contributed by atoms with Gasteiger partial charge in [0.25, 0.3) is 0 Å². The number of urea groups is 1. The second kappa shape index (κ2) is 8.27. The first kappa shape index (κ1) is 19.5. The number of benzene rings is 1. The summed E-state index contributed by atoms with van der Waals surface area (Å²) in [6.45, 7) is 11.1. The van der Waals surface area contributed by atoms with Crippen LogP contribution in [0.5, 0.6) is 0 Å². The molecule has 2 saturated heterocycles. The first-order valence-corrected chi connectivity index (χ1v) is 10.5. The molecule has 0 bridgehead atoms. The average Bonchev–Trinajstić information content (AvgIpc) is 3.22. The van der Waals surface area contributed by atoms with E-state index in [-0.39, 0.29) is 6.03 Å². The van der Waals surface area contributed by atoms with Crippen LogP contribution in [0.3, 0.4) is 0 Å². The van der Waals surface area contributed by atoms with Gasteiger partial charge in [-0.2, -0.15) is 0 Å². The molecule has 7 nitrogen and oxygen atoms in total. The van der Waals surface area contributed by atoms with Crippen molar-refractivity contribution in [2.75, 3.05) is 54.4 Å². The summed E-state index contributed by atoms with van der Waals surface area (Å²) in [7, 11) is 0. The van der Waals surface area contributed by atoms with Crippen molar-refractivity contribution >= 4 is 23.4 Å². The number of carbonyl (C=O) groups is 1. The molecule has 2 aliphatic heterocycles. The summed E-state index contributed by atoms with van der Waals surface area (Å²) in [4.78, 5) is 28.4. The van der Waals surface area contributed by atoms with Gasteiger partial charge in [-0.3, -0.25) is 0 Å². The Morgan fingerprint density at radius 3 is 1.93 bits per heavy atom. The number of rotatable bonds is 3. The van der Waals surface area contributed by atoms with Gasteiger partial charge in [0.05, 0.1) is 0 Å². The van der Waals surface area contributed by atoms with E-state index in [0.29, 0.717) is 13.1 Å². The molecular formula is C22H30N6O. The van der Waals surface area contributed by atoms with E-state index in [1.54, 1.807) is 0 Å². The number of aryl methyl sites for hydroxylation is 3. The largest absolute Gasteiger partial charge is 0.356 e. The summed E-state index contributed by atoms with van der Waals surface area (Å²) in [6, 6.07) is 8.18. The van der Waals surface area contributed by atoms with E-state index in [4.69, 9.17) is 0 Å². The topological polar surface area (TPSA) is 64.6 Å². The van der Waals surface area contributed by atoms with Crippen LogP contribution in [0.2, 0.25) is 0 Å². The Morgan fingerprint density at radius 1 is 0.793 bits per heavy atom. The number of hydrogen-bond donors (Lipinski definition) is 1. The Hall–Kier alpha value is -2.83. The minimum absolute atomic E-state index is 0.0359. The minimum Gasteiger partial charge on any atom is -0.356 e. The lowest BCUT2D eigenvalue weighted by Crippen LogP contribution is -2.50. The van der Waals surface area contributed by atoms with E-state index >= 15 is 0 Å². The zero-order chi connectivity index (χ0) is 20.4. The molecule has 0 saturated carbocycles. The van der Waals surface area contributed by atoms with E-state index in [1.165, 1.54) is 12.8 Å². The smallest absolute Gasteiger partial charge is 0.321 e. The van der Waals surface area contributed by atoms with E-state index in [9.17, 15) is 4.79 Å². The van der Waals surface area contributed by atoms with Crippen molar-refractivity contribution in [3.05, 3.63) is 41.2 Å². The lowest BCUT2D eigenvalue weighted by atomic mass is 10.1. The highest BCUT2D eigenvalue weighted by Crippen LogP contribution is 2.23. The highest BCUT2D eigenvalue weighted by molar-refractivity contribution is 5.89. The number of nitrogens with zero attached hydrogens (tertiary/aromatic N) is 5. The van der Waals surface area contributed by atoms with Crippen LogP contribution in [0, 0.1) is 20.8 Å². The van der Waals surface area contributed by atoms with E-state index in [2.05, 4.69) is 37.2 Å². The van der Waals surface area contributed by atoms with E-state index in [0.717, 1.165) is 60.5 Å². The van der Waals surface area contributed by atoms with Gasteiger partial charge in [-0.1, -0.05) is 6.07 Å². The van der Waals surface area contributed by atoms with Crippen molar-refractivity contribution in [2.45, 2.75) is 33.6 Å². The van der Waals surface area contributed by atoms with Crippen LogP contribution in [-0.2, 0) is 0 Å². The summed E-state index contributed by atoms with van der Waals surface area (Å²) < 4.78 is 0. The molecule has 2 amide bonds. The number of amides is 2. The van der Waals surface area contributed by atoms with Crippen molar-refractivity contribution in [1.82, 2.24) is 14.9 Å². The van der Waals surface area contributed by atoms with Crippen LogP contribution in [0.1, 0.15) is 29.8 Å². The maximum atomic E-state index is 12.7. The second-order valence-corrected chi connectivity index (χ2v) is 8.11. The molecule has 1 aromatic heterocycles. The minimum atomic E-state index is -0.0359. The van der Waals surface area contributed by atoms with Crippen LogP contribution >= 0.6 is 0 Å². The fourth-order valence-corrected chi connectivity index (χ4v) is 4.19. The number of aromatic nitrogens is 2. The molecule has 1 aromatic carbocycles. The molecule has 1 N–H and O–H groups in total. The highest BCUT2D eigenvalue weighted by atomic mass is 16.2. The standard InChI is InChI=1S/C22H30N6O/c1-16-12-17(2)14-19(13-16)25-22(29)28-10-8-27(9-11-28)21-15-20(23-18(3)24-21)26-6-4-5-7-26/h12-15H,4-11H2,1-3H3,(H,25,29). The maximum absolute atomic E-state index is 12.7. The molecule has 2 aromatic rings. The van der Waals surface area contributed by atoms with Crippen molar-refractivity contribution in [2.24, 2.45) is 0 Å². The van der Waals surface area contributed by atoms with Gasteiger partial charge in [0, 0.05) is 51.0 Å². The molecule has 0 aliphatic carbocycles. The van der Waals surface area contributed by atoms with E-state index in [1.807, 2.05) is 37.8 Å². The van der Waals surface area contributed by atoms with Gasteiger partial charge in [0.2, 0.25) is 0 Å². The third-order valence-electron chi connectivity index (χ3n) is 5.60. The van der Waals surface area contributed by atoms with Crippen molar-refractivity contribution in [3.63, 3.8) is 0 Å². The Kier molecular flexibility index (Phi) is 5.56. The number of nitrogens with one attached hydrogen (secondary N) is 1. The monoisotopic (exact) mass is 394 g/mol. The number of piperazine rings is 1. The van der Waals surface area contributed by atoms with Crippen LogP contribution in [0.25, 0.3) is 0 Å². The summed E-state index contributed by atoms with van der Waals surface area (Å²) in [5.41, 5.74) is 3.16. The zero-order valence-corrected chi connectivity index (χ0v) is 17.6. The molecule has 4 rings (SSSR count). The number of hydrogen-bond acceptors (Lipinski definition) is 5. The summed E-state index contributed by atoms with van der Waals surface area (Å²) in [5, 5.41) is 3.04. The van der Waals surface area contributed by atoms with Crippen molar-refractivity contribution in [3.8, 4) is 0 Å². The molecule has 3 heterocycles. The Labute approximate surface area is 172 Å². The third kappa shape index (κ3) is 4.60. The van der Waals surface area contributed by atoms with Crippen LogP contribution in [-0.4, -0.2) is 60.2 Å². The van der Waals surface area contributed by atoms with Gasteiger partial charge < -0.3 is 20.0 Å².